The van der Waals surface area contributed by atoms with Crippen LogP contribution in [0.4, 0.5) is 0 Å². The first-order valence-corrected chi connectivity index (χ1v) is 17.7. The van der Waals surface area contributed by atoms with Gasteiger partial charge in [-0.05, 0) is 114 Å². The normalized spacial score (nSPS) is 11.7. The Bertz CT molecular complexity index is 2440. The monoisotopic (exact) mass is 647 g/mol. The second-order valence-electron chi connectivity index (χ2n) is 13.4. The van der Waals surface area contributed by atoms with Gasteiger partial charge in [0.2, 0.25) is 0 Å². The lowest BCUT2D eigenvalue weighted by Crippen LogP contribution is -1.92. The molecule has 0 spiro atoms. The fourth-order valence-electron chi connectivity index (χ4n) is 7.42. The van der Waals surface area contributed by atoms with Gasteiger partial charge in [0.25, 0.3) is 0 Å². The summed E-state index contributed by atoms with van der Waals surface area (Å²) in [6.07, 6.45) is 10.3. The van der Waals surface area contributed by atoms with Crippen molar-refractivity contribution >= 4 is 43.9 Å². The molecule has 242 valence electrons. The van der Waals surface area contributed by atoms with E-state index in [9.17, 15) is 0 Å². The van der Waals surface area contributed by atoms with Gasteiger partial charge in [-0.25, -0.2) is 0 Å². The SMILES string of the molecule is c1cc(CCCc2ccc3oc4ccccc4c3c2)cc(-c2cncc(-c3cccc(CCCc4ccc5oc6ccccc6c5c4)c3)c2)c1. The first kappa shape index (κ1) is 30.2. The predicted octanol–water partition coefficient (Wildman–Crippen LogP) is 12.6. The van der Waals surface area contributed by atoms with Crippen molar-refractivity contribution in [1.82, 2.24) is 4.98 Å². The number of hydrogen-bond donors (Lipinski definition) is 0. The zero-order valence-electron chi connectivity index (χ0n) is 27.9. The first-order chi connectivity index (χ1) is 24.7. The second-order valence-corrected chi connectivity index (χ2v) is 13.4. The van der Waals surface area contributed by atoms with Gasteiger partial charge in [0.05, 0.1) is 0 Å². The third-order valence-electron chi connectivity index (χ3n) is 10.0. The largest absolute Gasteiger partial charge is 0.456 e. The van der Waals surface area contributed by atoms with Gasteiger partial charge in [-0.3, -0.25) is 4.98 Å². The number of furan rings is 2. The van der Waals surface area contributed by atoms with Gasteiger partial charge in [-0.2, -0.15) is 0 Å². The van der Waals surface area contributed by atoms with Crippen LogP contribution in [0, 0.1) is 0 Å². The Morgan fingerprint density at radius 1 is 0.340 bits per heavy atom. The van der Waals surface area contributed by atoms with Gasteiger partial charge in [0.15, 0.2) is 0 Å². The highest BCUT2D eigenvalue weighted by Crippen LogP contribution is 2.32. The summed E-state index contributed by atoms with van der Waals surface area (Å²) >= 11 is 0. The summed E-state index contributed by atoms with van der Waals surface area (Å²) in [5.41, 5.74) is 13.9. The van der Waals surface area contributed by atoms with E-state index >= 15 is 0 Å². The fourth-order valence-corrected chi connectivity index (χ4v) is 7.42. The third-order valence-corrected chi connectivity index (χ3v) is 10.0. The molecule has 3 heterocycles. The molecule has 0 unspecified atom stereocenters. The van der Waals surface area contributed by atoms with E-state index in [1.807, 2.05) is 36.7 Å². The highest BCUT2D eigenvalue weighted by molar-refractivity contribution is 6.05. The molecule has 0 saturated carbocycles. The van der Waals surface area contributed by atoms with Crippen LogP contribution < -0.4 is 0 Å². The van der Waals surface area contributed by atoms with Gasteiger partial charge in [-0.1, -0.05) is 97.1 Å². The minimum atomic E-state index is 0.951. The summed E-state index contributed by atoms with van der Waals surface area (Å²) < 4.78 is 12.0. The topological polar surface area (TPSA) is 39.2 Å². The smallest absolute Gasteiger partial charge is 0.135 e. The maximum atomic E-state index is 6.02. The van der Waals surface area contributed by atoms with Crippen LogP contribution in [-0.4, -0.2) is 4.98 Å². The molecule has 6 aromatic carbocycles. The Morgan fingerprint density at radius 3 is 1.28 bits per heavy atom. The van der Waals surface area contributed by atoms with Crippen LogP contribution in [-0.2, 0) is 25.7 Å². The number of pyridine rings is 1. The summed E-state index contributed by atoms with van der Waals surface area (Å²) in [7, 11) is 0. The molecule has 0 N–H and O–H groups in total. The maximum absolute atomic E-state index is 6.02. The molecule has 3 heteroatoms. The van der Waals surface area contributed by atoms with Crippen molar-refractivity contribution in [3.05, 3.63) is 174 Å². The average Bonchev–Trinajstić information content (AvgIpc) is 3.73. The second kappa shape index (κ2) is 13.2. The van der Waals surface area contributed by atoms with Gasteiger partial charge in [-0.15, -0.1) is 0 Å². The van der Waals surface area contributed by atoms with Crippen molar-refractivity contribution in [3.8, 4) is 22.3 Å². The molecule has 3 nitrogen and oxygen atoms in total. The zero-order valence-corrected chi connectivity index (χ0v) is 27.9. The Balaban J connectivity index is 0.850. The van der Waals surface area contributed by atoms with Crippen molar-refractivity contribution in [1.29, 1.82) is 0 Å². The van der Waals surface area contributed by atoms with Gasteiger partial charge >= 0.3 is 0 Å². The molecule has 50 heavy (non-hydrogen) atoms. The minimum Gasteiger partial charge on any atom is -0.456 e. The number of aryl methyl sites for hydroxylation is 4. The van der Waals surface area contributed by atoms with Crippen LogP contribution in [0.2, 0.25) is 0 Å². The Hall–Kier alpha value is -5.93. The summed E-state index contributed by atoms with van der Waals surface area (Å²) in [5.74, 6) is 0. The third kappa shape index (κ3) is 6.08. The predicted molar refractivity (Wildman–Crippen MR) is 207 cm³/mol. The number of rotatable bonds is 10. The van der Waals surface area contributed by atoms with Crippen molar-refractivity contribution in [2.75, 3.05) is 0 Å². The van der Waals surface area contributed by atoms with Gasteiger partial charge in [0.1, 0.15) is 22.3 Å². The Kier molecular flexibility index (Phi) is 7.94. The number of para-hydroxylation sites is 2. The molecule has 9 aromatic rings. The van der Waals surface area contributed by atoms with Gasteiger partial charge in [0, 0.05) is 45.1 Å². The summed E-state index contributed by atoms with van der Waals surface area (Å²) in [5, 5.41) is 4.78. The van der Waals surface area contributed by atoms with Crippen molar-refractivity contribution in [3.63, 3.8) is 0 Å². The molecule has 0 bridgehead atoms. The van der Waals surface area contributed by atoms with Crippen LogP contribution in [0.3, 0.4) is 0 Å². The van der Waals surface area contributed by atoms with E-state index in [4.69, 9.17) is 8.83 Å². The number of aromatic nitrogens is 1. The summed E-state index contributed by atoms with van der Waals surface area (Å²) in [6, 6.07) is 50.0. The van der Waals surface area contributed by atoms with Gasteiger partial charge < -0.3 is 8.83 Å². The molecule has 0 radical (unpaired) electrons. The lowest BCUT2D eigenvalue weighted by Gasteiger charge is -2.09. The summed E-state index contributed by atoms with van der Waals surface area (Å²) in [6.45, 7) is 0. The molecule has 0 saturated heterocycles. The molecule has 0 fully saturated rings. The van der Waals surface area contributed by atoms with E-state index in [0.29, 0.717) is 0 Å². The van der Waals surface area contributed by atoms with Crippen molar-refractivity contribution in [2.45, 2.75) is 38.5 Å². The highest BCUT2D eigenvalue weighted by Gasteiger charge is 2.10. The quantitative estimate of drug-likeness (QED) is 0.148. The standard InChI is InChI=1S/C47H37NO2/c1-3-19-44-40(17-1)42-27-34(21-23-46(42)49-44)11-5-9-32-13-7-15-36(25-32)38-29-39(31-48-30-38)37-16-8-14-33(26-37)10-6-12-35-22-24-47-43(28-35)41-18-2-4-20-45(41)50-47/h1-4,7-8,13-31H,5-6,9-12H2. The number of fused-ring (bicyclic) bond motifs is 6. The summed E-state index contributed by atoms with van der Waals surface area (Å²) in [4.78, 5) is 4.67. The van der Waals surface area contributed by atoms with E-state index < -0.39 is 0 Å². The van der Waals surface area contributed by atoms with Crippen LogP contribution in [0.25, 0.3) is 66.1 Å². The van der Waals surface area contributed by atoms with E-state index in [0.717, 1.165) is 72.0 Å². The average molecular weight is 648 g/mol. The number of nitrogens with zero attached hydrogens (tertiary/aromatic N) is 1. The molecule has 9 rings (SSSR count). The van der Waals surface area contributed by atoms with E-state index in [1.165, 1.54) is 54.9 Å². The van der Waals surface area contributed by atoms with E-state index in [1.54, 1.807) is 0 Å². The van der Waals surface area contributed by atoms with Crippen molar-refractivity contribution < 1.29 is 8.83 Å². The molecular formula is C47H37NO2. The minimum absolute atomic E-state index is 0.951. The highest BCUT2D eigenvalue weighted by atomic mass is 16.3. The molecule has 0 amide bonds. The van der Waals surface area contributed by atoms with Crippen LogP contribution >= 0.6 is 0 Å². The number of hydrogen-bond acceptors (Lipinski definition) is 3. The van der Waals surface area contributed by atoms with Crippen LogP contribution in [0.5, 0.6) is 0 Å². The zero-order chi connectivity index (χ0) is 33.3. The maximum Gasteiger partial charge on any atom is 0.135 e. The molecule has 0 aliphatic rings. The lowest BCUT2D eigenvalue weighted by atomic mass is 9.96. The van der Waals surface area contributed by atoms with E-state index in [2.05, 4.69) is 120 Å². The Labute approximate surface area is 291 Å². The molecule has 0 aliphatic carbocycles. The van der Waals surface area contributed by atoms with Crippen LogP contribution in [0.1, 0.15) is 35.1 Å². The van der Waals surface area contributed by atoms with Crippen molar-refractivity contribution in [2.24, 2.45) is 0 Å². The van der Waals surface area contributed by atoms with E-state index in [-0.39, 0.29) is 0 Å². The Morgan fingerprint density at radius 2 is 0.780 bits per heavy atom. The number of benzene rings is 6. The molecule has 0 atom stereocenters. The molecular weight excluding hydrogens is 611 g/mol. The van der Waals surface area contributed by atoms with Crippen LogP contribution in [0.15, 0.2) is 161 Å². The lowest BCUT2D eigenvalue weighted by molar-refractivity contribution is 0.668. The molecule has 3 aromatic heterocycles. The fraction of sp³-hybridized carbons (Fsp3) is 0.128. The first-order valence-electron chi connectivity index (χ1n) is 17.7. The molecule has 0 aliphatic heterocycles.